The van der Waals surface area contributed by atoms with Gasteiger partial charge < -0.3 is 15.3 Å². The molecule has 2 aliphatic heterocycles. The van der Waals surface area contributed by atoms with Gasteiger partial charge in [-0.1, -0.05) is 0 Å². The van der Waals surface area contributed by atoms with Gasteiger partial charge >= 0.3 is 0 Å². The summed E-state index contributed by atoms with van der Waals surface area (Å²) in [5.41, 5.74) is 0.667. The number of amides is 1. The SMILES string of the molecule is O=C(c1ccc(O)cc1)N1CCC(C2CCCN2)CC1. The summed E-state index contributed by atoms with van der Waals surface area (Å²) in [7, 11) is 0. The second kappa shape index (κ2) is 5.83. The molecule has 0 radical (unpaired) electrons. The van der Waals surface area contributed by atoms with Gasteiger partial charge in [-0.25, -0.2) is 0 Å². The normalized spacial score (nSPS) is 24.0. The molecule has 108 valence electrons. The lowest BCUT2D eigenvalue weighted by atomic mass is 9.88. The van der Waals surface area contributed by atoms with Crippen molar-refractivity contribution in [2.24, 2.45) is 5.92 Å². The number of carbonyl (C=O) groups is 1. The summed E-state index contributed by atoms with van der Waals surface area (Å²) < 4.78 is 0. The Balaban J connectivity index is 1.57. The van der Waals surface area contributed by atoms with Gasteiger partial charge in [-0.05, 0) is 62.4 Å². The highest BCUT2D eigenvalue weighted by Crippen LogP contribution is 2.26. The number of nitrogens with zero attached hydrogens (tertiary/aromatic N) is 1. The zero-order valence-corrected chi connectivity index (χ0v) is 11.7. The smallest absolute Gasteiger partial charge is 0.253 e. The molecule has 0 spiro atoms. The first-order valence-electron chi connectivity index (χ1n) is 7.56. The van der Waals surface area contributed by atoms with Crippen molar-refractivity contribution in [1.82, 2.24) is 10.2 Å². The third-order valence-electron chi connectivity index (χ3n) is 4.61. The third kappa shape index (κ3) is 2.80. The number of piperidine rings is 1. The monoisotopic (exact) mass is 274 g/mol. The minimum atomic E-state index is 0.0860. The van der Waals surface area contributed by atoms with Crippen molar-refractivity contribution in [3.8, 4) is 5.75 Å². The number of hydrogen-bond acceptors (Lipinski definition) is 3. The number of phenols is 1. The minimum Gasteiger partial charge on any atom is -0.508 e. The van der Waals surface area contributed by atoms with Crippen molar-refractivity contribution in [1.29, 1.82) is 0 Å². The third-order valence-corrected chi connectivity index (χ3v) is 4.61. The van der Waals surface area contributed by atoms with Gasteiger partial charge in [0.15, 0.2) is 0 Å². The van der Waals surface area contributed by atoms with Crippen LogP contribution >= 0.6 is 0 Å². The molecule has 0 saturated carbocycles. The Kier molecular flexibility index (Phi) is 3.92. The molecular weight excluding hydrogens is 252 g/mol. The average Bonchev–Trinajstić information content (AvgIpc) is 3.02. The number of phenolic OH excluding ortho intramolecular Hbond substituents is 1. The lowest BCUT2D eigenvalue weighted by Gasteiger charge is -2.35. The number of carbonyl (C=O) groups excluding carboxylic acids is 1. The molecule has 1 amide bonds. The molecule has 1 unspecified atom stereocenters. The summed E-state index contributed by atoms with van der Waals surface area (Å²) in [5.74, 6) is 1.01. The second-order valence-electron chi connectivity index (χ2n) is 5.88. The van der Waals surface area contributed by atoms with Gasteiger partial charge in [0.2, 0.25) is 0 Å². The molecule has 20 heavy (non-hydrogen) atoms. The predicted molar refractivity (Wildman–Crippen MR) is 77.8 cm³/mol. The largest absolute Gasteiger partial charge is 0.508 e. The standard InChI is InChI=1S/C16H22N2O2/c19-14-5-3-13(4-6-14)16(20)18-10-7-12(8-11-18)15-2-1-9-17-15/h3-6,12,15,17,19H,1-2,7-11H2. The van der Waals surface area contributed by atoms with Crippen LogP contribution in [-0.4, -0.2) is 41.6 Å². The van der Waals surface area contributed by atoms with Crippen LogP contribution in [0.1, 0.15) is 36.0 Å². The van der Waals surface area contributed by atoms with E-state index in [1.807, 2.05) is 4.90 Å². The molecule has 2 fully saturated rings. The lowest BCUT2D eigenvalue weighted by Crippen LogP contribution is -2.43. The molecule has 1 aromatic carbocycles. The van der Waals surface area contributed by atoms with E-state index in [0.717, 1.165) is 38.4 Å². The minimum absolute atomic E-state index is 0.0860. The molecule has 1 aromatic rings. The topological polar surface area (TPSA) is 52.6 Å². The molecule has 2 saturated heterocycles. The van der Waals surface area contributed by atoms with Gasteiger partial charge in [0.1, 0.15) is 5.75 Å². The molecule has 0 bridgehead atoms. The van der Waals surface area contributed by atoms with E-state index in [-0.39, 0.29) is 11.7 Å². The van der Waals surface area contributed by atoms with Gasteiger partial charge in [0.25, 0.3) is 5.91 Å². The first-order chi connectivity index (χ1) is 9.74. The molecule has 1 atom stereocenters. The highest BCUT2D eigenvalue weighted by atomic mass is 16.3. The van der Waals surface area contributed by atoms with Gasteiger partial charge in [0.05, 0.1) is 0 Å². The van der Waals surface area contributed by atoms with E-state index in [0.29, 0.717) is 11.6 Å². The van der Waals surface area contributed by atoms with Crippen molar-refractivity contribution in [2.75, 3.05) is 19.6 Å². The van der Waals surface area contributed by atoms with Crippen LogP contribution in [0, 0.1) is 5.92 Å². The van der Waals surface area contributed by atoms with E-state index in [1.165, 1.54) is 12.8 Å². The zero-order chi connectivity index (χ0) is 13.9. The molecule has 4 nitrogen and oxygen atoms in total. The van der Waals surface area contributed by atoms with Crippen molar-refractivity contribution in [3.05, 3.63) is 29.8 Å². The van der Waals surface area contributed by atoms with Crippen LogP contribution in [0.4, 0.5) is 0 Å². The number of hydrogen-bond donors (Lipinski definition) is 2. The Hall–Kier alpha value is -1.55. The van der Waals surface area contributed by atoms with Crippen LogP contribution in [0.2, 0.25) is 0 Å². The maximum absolute atomic E-state index is 12.4. The predicted octanol–water partition coefficient (Wildman–Crippen LogP) is 2.00. The fourth-order valence-electron chi connectivity index (χ4n) is 3.41. The van der Waals surface area contributed by atoms with E-state index in [1.54, 1.807) is 24.3 Å². The summed E-state index contributed by atoms with van der Waals surface area (Å²) in [5, 5.41) is 12.8. The Labute approximate surface area is 119 Å². The zero-order valence-electron chi connectivity index (χ0n) is 11.7. The molecule has 0 aliphatic carbocycles. The van der Waals surface area contributed by atoms with Crippen LogP contribution in [0.3, 0.4) is 0 Å². The Morgan fingerprint density at radius 1 is 1.15 bits per heavy atom. The summed E-state index contributed by atoms with van der Waals surface area (Å²) >= 11 is 0. The number of likely N-dealkylation sites (tertiary alicyclic amines) is 1. The number of benzene rings is 1. The highest BCUT2D eigenvalue weighted by molar-refractivity contribution is 5.94. The van der Waals surface area contributed by atoms with Gasteiger partial charge in [0, 0.05) is 24.7 Å². The van der Waals surface area contributed by atoms with Gasteiger partial charge in [-0.2, -0.15) is 0 Å². The lowest BCUT2D eigenvalue weighted by molar-refractivity contribution is 0.0674. The van der Waals surface area contributed by atoms with Crippen molar-refractivity contribution in [2.45, 2.75) is 31.7 Å². The molecule has 0 aromatic heterocycles. The van der Waals surface area contributed by atoms with Crippen molar-refractivity contribution >= 4 is 5.91 Å². The first-order valence-corrected chi connectivity index (χ1v) is 7.56. The molecule has 4 heteroatoms. The number of nitrogens with one attached hydrogen (secondary N) is 1. The van der Waals surface area contributed by atoms with Crippen LogP contribution in [0.15, 0.2) is 24.3 Å². The fraction of sp³-hybridized carbons (Fsp3) is 0.562. The Morgan fingerprint density at radius 2 is 1.85 bits per heavy atom. The average molecular weight is 274 g/mol. The van der Waals surface area contributed by atoms with Gasteiger partial charge in [-0.15, -0.1) is 0 Å². The first kappa shape index (κ1) is 13.4. The molecule has 2 aliphatic rings. The maximum Gasteiger partial charge on any atom is 0.253 e. The van der Waals surface area contributed by atoms with E-state index in [4.69, 9.17) is 0 Å². The summed E-state index contributed by atoms with van der Waals surface area (Å²) in [6, 6.07) is 7.20. The van der Waals surface area contributed by atoms with Gasteiger partial charge in [-0.3, -0.25) is 4.79 Å². The van der Waals surface area contributed by atoms with Crippen LogP contribution in [0.25, 0.3) is 0 Å². The summed E-state index contributed by atoms with van der Waals surface area (Å²) in [4.78, 5) is 14.3. The fourth-order valence-corrected chi connectivity index (χ4v) is 3.41. The van der Waals surface area contributed by atoms with Crippen molar-refractivity contribution < 1.29 is 9.90 Å². The number of aromatic hydroxyl groups is 1. The van der Waals surface area contributed by atoms with E-state index >= 15 is 0 Å². The molecular formula is C16H22N2O2. The Morgan fingerprint density at radius 3 is 2.45 bits per heavy atom. The van der Waals surface area contributed by atoms with Crippen LogP contribution in [0.5, 0.6) is 5.75 Å². The molecule has 2 N–H and O–H groups in total. The van der Waals surface area contributed by atoms with E-state index in [2.05, 4.69) is 5.32 Å². The molecule has 2 heterocycles. The second-order valence-corrected chi connectivity index (χ2v) is 5.88. The van der Waals surface area contributed by atoms with Crippen LogP contribution in [-0.2, 0) is 0 Å². The summed E-state index contributed by atoms with van der Waals surface area (Å²) in [6.07, 6.45) is 4.77. The number of rotatable bonds is 2. The Bertz CT molecular complexity index is 458. The maximum atomic E-state index is 12.4. The molecule has 3 rings (SSSR count). The summed E-state index contributed by atoms with van der Waals surface area (Å²) in [6.45, 7) is 2.85. The van der Waals surface area contributed by atoms with E-state index < -0.39 is 0 Å². The van der Waals surface area contributed by atoms with Crippen molar-refractivity contribution in [3.63, 3.8) is 0 Å². The highest BCUT2D eigenvalue weighted by Gasteiger charge is 2.30. The quantitative estimate of drug-likeness (QED) is 0.867. The van der Waals surface area contributed by atoms with E-state index in [9.17, 15) is 9.90 Å². The van der Waals surface area contributed by atoms with Crippen LogP contribution < -0.4 is 5.32 Å².